The fourth-order valence-corrected chi connectivity index (χ4v) is 7.25. The van der Waals surface area contributed by atoms with Gasteiger partial charge in [-0.1, -0.05) is 115 Å². The van der Waals surface area contributed by atoms with Crippen molar-refractivity contribution in [2.45, 2.75) is 0 Å². The van der Waals surface area contributed by atoms with Gasteiger partial charge in [0.05, 0.1) is 5.39 Å². The van der Waals surface area contributed by atoms with E-state index in [9.17, 15) is 0 Å². The molecule has 0 amide bonds. The summed E-state index contributed by atoms with van der Waals surface area (Å²) >= 11 is 0. The highest BCUT2D eigenvalue weighted by Crippen LogP contribution is 2.43. The van der Waals surface area contributed by atoms with E-state index >= 15 is 0 Å². The van der Waals surface area contributed by atoms with E-state index < -0.39 is 0 Å². The molecule has 0 spiro atoms. The monoisotopic (exact) mass is 654 g/mol. The summed E-state index contributed by atoms with van der Waals surface area (Å²) in [6, 6.07) is 63.5. The number of furan rings is 1. The third-order valence-electron chi connectivity index (χ3n) is 9.69. The third-order valence-corrected chi connectivity index (χ3v) is 9.69. The van der Waals surface area contributed by atoms with Crippen LogP contribution in [0, 0.1) is 0 Å². The second-order valence-electron chi connectivity index (χ2n) is 12.8. The first-order valence-electron chi connectivity index (χ1n) is 17.1. The van der Waals surface area contributed by atoms with Gasteiger partial charge in [-0.3, -0.25) is 0 Å². The molecule has 10 rings (SSSR count). The highest BCUT2D eigenvalue weighted by atomic mass is 16.4. The van der Waals surface area contributed by atoms with E-state index in [4.69, 9.17) is 13.8 Å². The standard InChI is InChI=1S/C47H30N2O2/c1-3-11-31(12-4-1)32-21-23-36(24-22-32)49(37-18-9-17-35(29-37)40-20-10-16-33-13-7-8-19-39(33)40)38-25-27-43-41(30-38)45-44(50-43)28-26-42-46(45)51-47(48-42)34-14-5-2-6-15-34/h1-30H. The first-order valence-corrected chi connectivity index (χ1v) is 17.1. The SMILES string of the molecule is c1ccc(-c2ccc(N(c3cccc(-c4cccc5ccccc45)c3)c3ccc4oc5ccc6nc(-c7ccccc7)oc6c5c4c3)cc2)cc1. The summed E-state index contributed by atoms with van der Waals surface area (Å²) < 4.78 is 12.9. The summed E-state index contributed by atoms with van der Waals surface area (Å²) in [5.74, 6) is 0.592. The molecule has 4 nitrogen and oxygen atoms in total. The summed E-state index contributed by atoms with van der Waals surface area (Å²) in [7, 11) is 0. The summed E-state index contributed by atoms with van der Waals surface area (Å²) in [6.07, 6.45) is 0. The number of anilines is 3. The van der Waals surface area contributed by atoms with Crippen molar-refractivity contribution in [2.24, 2.45) is 0 Å². The Kier molecular flexibility index (Phi) is 6.78. The molecule has 0 radical (unpaired) electrons. The number of benzene rings is 8. The van der Waals surface area contributed by atoms with Gasteiger partial charge in [0, 0.05) is 28.0 Å². The summed E-state index contributed by atoms with van der Waals surface area (Å²) in [6.45, 7) is 0. The van der Waals surface area contributed by atoms with Crippen LogP contribution in [0.3, 0.4) is 0 Å². The van der Waals surface area contributed by atoms with Crippen molar-refractivity contribution in [3.8, 4) is 33.7 Å². The molecular formula is C47H30N2O2. The van der Waals surface area contributed by atoms with Crippen LogP contribution >= 0.6 is 0 Å². The minimum atomic E-state index is 0.592. The highest BCUT2D eigenvalue weighted by molar-refractivity contribution is 6.17. The molecule has 8 aromatic carbocycles. The third kappa shape index (κ3) is 5.04. The van der Waals surface area contributed by atoms with E-state index in [0.29, 0.717) is 5.89 Å². The first kappa shape index (κ1) is 29.0. The van der Waals surface area contributed by atoms with Gasteiger partial charge in [-0.2, -0.15) is 0 Å². The second kappa shape index (κ2) is 11.9. The number of hydrogen-bond donors (Lipinski definition) is 0. The van der Waals surface area contributed by atoms with Crippen molar-refractivity contribution in [1.82, 2.24) is 4.98 Å². The average Bonchev–Trinajstić information content (AvgIpc) is 3.81. The molecule has 0 N–H and O–H groups in total. The Morgan fingerprint density at radius 2 is 1.06 bits per heavy atom. The number of nitrogens with zero attached hydrogens (tertiary/aromatic N) is 2. The van der Waals surface area contributed by atoms with Crippen LogP contribution in [0.5, 0.6) is 0 Å². The molecule has 4 heteroatoms. The molecule has 2 aromatic heterocycles. The van der Waals surface area contributed by atoms with Crippen LogP contribution in [0.4, 0.5) is 17.1 Å². The van der Waals surface area contributed by atoms with Gasteiger partial charge >= 0.3 is 0 Å². The quantitative estimate of drug-likeness (QED) is 0.179. The zero-order valence-electron chi connectivity index (χ0n) is 27.5. The Bertz CT molecular complexity index is 2850. The van der Waals surface area contributed by atoms with Crippen molar-refractivity contribution in [3.63, 3.8) is 0 Å². The minimum absolute atomic E-state index is 0.592. The van der Waals surface area contributed by atoms with Crippen molar-refractivity contribution in [2.75, 3.05) is 4.90 Å². The lowest BCUT2D eigenvalue weighted by molar-refractivity contribution is 0.622. The number of rotatable bonds is 6. The topological polar surface area (TPSA) is 42.4 Å². The maximum Gasteiger partial charge on any atom is 0.227 e. The molecule has 0 aliphatic carbocycles. The van der Waals surface area contributed by atoms with E-state index in [1.807, 2.05) is 48.5 Å². The Morgan fingerprint density at radius 3 is 1.90 bits per heavy atom. The van der Waals surface area contributed by atoms with Crippen LogP contribution < -0.4 is 4.90 Å². The molecule has 240 valence electrons. The minimum Gasteiger partial charge on any atom is -0.456 e. The Morgan fingerprint density at radius 1 is 0.412 bits per heavy atom. The van der Waals surface area contributed by atoms with Crippen molar-refractivity contribution in [1.29, 1.82) is 0 Å². The van der Waals surface area contributed by atoms with Crippen molar-refractivity contribution < 1.29 is 8.83 Å². The Labute approximate surface area is 294 Å². The lowest BCUT2D eigenvalue weighted by Gasteiger charge is -2.26. The summed E-state index contributed by atoms with van der Waals surface area (Å²) in [4.78, 5) is 7.16. The van der Waals surface area contributed by atoms with Gasteiger partial charge in [-0.05, 0) is 99.8 Å². The predicted molar refractivity (Wildman–Crippen MR) is 210 cm³/mol. The zero-order chi connectivity index (χ0) is 33.7. The van der Waals surface area contributed by atoms with Crippen molar-refractivity contribution >= 4 is 60.9 Å². The molecule has 0 saturated carbocycles. The number of fused-ring (bicyclic) bond motifs is 6. The van der Waals surface area contributed by atoms with Crippen LogP contribution in [0.25, 0.3) is 77.5 Å². The van der Waals surface area contributed by atoms with E-state index in [-0.39, 0.29) is 0 Å². The molecule has 2 heterocycles. The Balaban J connectivity index is 1.16. The molecule has 10 aromatic rings. The molecule has 0 atom stereocenters. The molecule has 51 heavy (non-hydrogen) atoms. The summed E-state index contributed by atoms with van der Waals surface area (Å²) in [5.41, 5.74) is 11.8. The Hall–Kier alpha value is -6.91. The normalized spacial score (nSPS) is 11.5. The molecular weight excluding hydrogens is 625 g/mol. The molecule has 0 bridgehead atoms. The summed E-state index contributed by atoms with van der Waals surface area (Å²) in [5, 5.41) is 4.34. The van der Waals surface area contributed by atoms with Gasteiger partial charge in [0.1, 0.15) is 16.7 Å². The van der Waals surface area contributed by atoms with Gasteiger partial charge < -0.3 is 13.7 Å². The number of oxazole rings is 1. The van der Waals surface area contributed by atoms with Gasteiger partial charge in [0.15, 0.2) is 5.58 Å². The van der Waals surface area contributed by atoms with Gasteiger partial charge in [0.25, 0.3) is 0 Å². The molecule has 0 unspecified atom stereocenters. The molecule has 0 aliphatic rings. The first-order chi connectivity index (χ1) is 25.3. The fourth-order valence-electron chi connectivity index (χ4n) is 7.25. The van der Waals surface area contributed by atoms with Crippen LogP contribution in [-0.4, -0.2) is 4.98 Å². The van der Waals surface area contributed by atoms with Gasteiger partial charge in [-0.15, -0.1) is 0 Å². The maximum absolute atomic E-state index is 6.47. The lowest BCUT2D eigenvalue weighted by atomic mass is 9.97. The smallest absolute Gasteiger partial charge is 0.227 e. The highest BCUT2D eigenvalue weighted by Gasteiger charge is 2.20. The molecule has 0 saturated heterocycles. The van der Waals surface area contributed by atoms with Crippen molar-refractivity contribution in [3.05, 3.63) is 182 Å². The van der Waals surface area contributed by atoms with Gasteiger partial charge in [0.2, 0.25) is 5.89 Å². The average molecular weight is 655 g/mol. The molecule has 0 aliphatic heterocycles. The maximum atomic E-state index is 6.47. The second-order valence-corrected chi connectivity index (χ2v) is 12.8. The predicted octanol–water partition coefficient (Wildman–Crippen LogP) is 13.4. The van der Waals surface area contributed by atoms with Crippen LogP contribution in [0.2, 0.25) is 0 Å². The van der Waals surface area contributed by atoms with Crippen LogP contribution in [-0.2, 0) is 0 Å². The van der Waals surface area contributed by atoms with Crippen LogP contribution in [0.1, 0.15) is 0 Å². The van der Waals surface area contributed by atoms with Gasteiger partial charge in [-0.25, -0.2) is 4.98 Å². The largest absolute Gasteiger partial charge is 0.456 e. The van der Waals surface area contributed by atoms with E-state index in [1.165, 1.54) is 27.5 Å². The fraction of sp³-hybridized carbons (Fsp3) is 0. The number of aromatic nitrogens is 1. The van der Waals surface area contributed by atoms with E-state index in [1.54, 1.807) is 0 Å². The number of hydrogen-bond acceptors (Lipinski definition) is 4. The van der Waals surface area contributed by atoms with E-state index in [2.05, 4.69) is 138 Å². The van der Waals surface area contributed by atoms with E-state index in [0.717, 1.165) is 61.2 Å². The zero-order valence-corrected chi connectivity index (χ0v) is 27.5. The van der Waals surface area contributed by atoms with Crippen LogP contribution in [0.15, 0.2) is 191 Å². The molecule has 0 fully saturated rings. The lowest BCUT2D eigenvalue weighted by Crippen LogP contribution is -2.10.